The first-order valence-corrected chi connectivity index (χ1v) is 5.18. The summed E-state index contributed by atoms with van der Waals surface area (Å²) in [6, 6.07) is 5.28. The lowest BCUT2D eigenvalue weighted by Gasteiger charge is -1.88. The Morgan fingerprint density at radius 1 is 1.50 bits per heavy atom. The zero-order valence-electron chi connectivity index (χ0n) is 9.16. The minimum Gasteiger partial charge on any atom is -0.388 e. The van der Waals surface area contributed by atoms with Crippen molar-refractivity contribution in [3.63, 3.8) is 0 Å². The highest BCUT2D eigenvalue weighted by atomic mass is 35.5. The van der Waals surface area contributed by atoms with Crippen molar-refractivity contribution in [1.82, 2.24) is 9.97 Å². The molecule has 4 nitrogen and oxygen atoms in total. The van der Waals surface area contributed by atoms with E-state index in [2.05, 4.69) is 14.7 Å². The number of nitrogens with one attached hydrogen (secondary N) is 1. The molecule has 0 saturated carbocycles. The van der Waals surface area contributed by atoms with Crippen LogP contribution in [0.5, 0.6) is 0 Å². The Morgan fingerprint density at radius 3 is 2.75 bits per heavy atom. The number of alkyl halides is 1. The van der Waals surface area contributed by atoms with E-state index >= 15 is 0 Å². The predicted octanol–water partition coefficient (Wildman–Crippen LogP) is 2.38. The predicted molar refractivity (Wildman–Crippen MR) is 64.0 cm³/mol. The number of halogens is 1. The normalized spacial score (nSPS) is 9.69. The number of carbonyl (C=O) groups is 1. The zero-order valence-corrected chi connectivity index (χ0v) is 9.91. The molecule has 0 radical (unpaired) electrons. The van der Waals surface area contributed by atoms with Gasteiger partial charge in [-0.25, -0.2) is 4.98 Å². The highest BCUT2D eigenvalue weighted by Crippen LogP contribution is 2.13. The number of benzene rings is 1. The van der Waals surface area contributed by atoms with E-state index in [1.807, 2.05) is 0 Å². The van der Waals surface area contributed by atoms with E-state index in [4.69, 9.17) is 11.6 Å². The Bertz CT molecular complexity index is 468. The summed E-state index contributed by atoms with van der Waals surface area (Å²) < 4.78 is 4.25. The summed E-state index contributed by atoms with van der Waals surface area (Å²) >= 11 is 5.61. The maximum atomic E-state index is 10.5. The summed E-state index contributed by atoms with van der Waals surface area (Å²) in [5.74, 6) is 1.07. The summed E-state index contributed by atoms with van der Waals surface area (Å²) in [6.07, 6.45) is 0.806. The number of carbonyl (C=O) groups excluding carboxylic acids is 1. The third-order valence-electron chi connectivity index (χ3n) is 1.82. The number of imidazole rings is 1. The molecule has 1 aromatic heterocycles. The first kappa shape index (κ1) is 12.7. The van der Waals surface area contributed by atoms with E-state index in [-0.39, 0.29) is 0 Å². The Morgan fingerprint density at radius 2 is 2.19 bits per heavy atom. The molecule has 2 aromatic rings. The van der Waals surface area contributed by atoms with Gasteiger partial charge in [0.05, 0.1) is 16.9 Å². The average Bonchev–Trinajstić information content (AvgIpc) is 2.71. The molecule has 0 unspecified atom stereocenters. The number of hydrogen-bond acceptors (Lipinski definition) is 3. The summed E-state index contributed by atoms with van der Waals surface area (Å²) in [4.78, 5) is 17.7. The van der Waals surface area contributed by atoms with Crippen LogP contribution in [-0.2, 0) is 10.6 Å². The Balaban J connectivity index is 0.000000386. The van der Waals surface area contributed by atoms with Gasteiger partial charge in [-0.3, -0.25) is 4.79 Å². The van der Waals surface area contributed by atoms with E-state index in [9.17, 15) is 4.79 Å². The number of fused-ring (bicyclic) bond motifs is 1. The van der Waals surface area contributed by atoms with Gasteiger partial charge >= 0.3 is 0 Å². The molecule has 0 atom stereocenters. The lowest BCUT2D eigenvalue weighted by atomic mass is 10.2. The van der Waals surface area contributed by atoms with Gasteiger partial charge in [-0.15, -0.1) is 11.6 Å². The smallest absolute Gasteiger partial charge is 0.150 e. The van der Waals surface area contributed by atoms with Crippen LogP contribution in [0.15, 0.2) is 18.2 Å². The number of ether oxygens (including phenoxy) is 1. The molecule has 0 bridgehead atoms. The molecule has 1 N–H and O–H groups in total. The highest BCUT2D eigenvalue weighted by molar-refractivity contribution is 6.16. The van der Waals surface area contributed by atoms with Crippen molar-refractivity contribution < 1.29 is 9.53 Å². The van der Waals surface area contributed by atoms with Crippen LogP contribution in [0.1, 0.15) is 16.2 Å². The number of aromatic nitrogens is 2. The summed E-state index contributed by atoms with van der Waals surface area (Å²) in [5.41, 5.74) is 2.32. The van der Waals surface area contributed by atoms with E-state index in [1.165, 1.54) is 0 Å². The van der Waals surface area contributed by atoms with Gasteiger partial charge < -0.3 is 9.72 Å². The molecule has 16 heavy (non-hydrogen) atoms. The zero-order chi connectivity index (χ0) is 12.0. The van der Waals surface area contributed by atoms with Gasteiger partial charge in [-0.05, 0) is 18.2 Å². The molecule has 0 saturated heterocycles. The quantitative estimate of drug-likeness (QED) is 0.648. The molecule has 0 amide bonds. The van der Waals surface area contributed by atoms with Crippen LogP contribution in [0.2, 0.25) is 0 Å². The van der Waals surface area contributed by atoms with Crippen molar-refractivity contribution in [1.29, 1.82) is 0 Å². The molecule has 1 aromatic carbocycles. The first-order valence-electron chi connectivity index (χ1n) is 4.65. The number of nitrogens with zero attached hydrogens (tertiary/aromatic N) is 1. The number of H-pyrrole nitrogens is 1. The largest absolute Gasteiger partial charge is 0.388 e. The van der Waals surface area contributed by atoms with Crippen molar-refractivity contribution >= 4 is 28.9 Å². The number of methoxy groups -OCH3 is 1. The van der Waals surface area contributed by atoms with E-state index in [0.29, 0.717) is 11.4 Å². The highest BCUT2D eigenvalue weighted by Gasteiger charge is 2.01. The molecule has 0 aliphatic rings. The van der Waals surface area contributed by atoms with Crippen molar-refractivity contribution in [3.05, 3.63) is 29.6 Å². The Kier molecular flexibility index (Phi) is 4.95. The number of rotatable bonds is 2. The second-order valence-electron chi connectivity index (χ2n) is 3.12. The Labute approximate surface area is 98.6 Å². The SMILES string of the molecule is COC.O=Cc1ccc2nc(CCl)[nH]c2c1. The number of hydrogen-bond donors (Lipinski definition) is 1. The molecule has 1 heterocycles. The van der Waals surface area contributed by atoms with Gasteiger partial charge in [0.1, 0.15) is 12.1 Å². The van der Waals surface area contributed by atoms with Crippen LogP contribution >= 0.6 is 11.6 Å². The van der Waals surface area contributed by atoms with Crippen LogP contribution in [-0.4, -0.2) is 30.5 Å². The van der Waals surface area contributed by atoms with Crippen LogP contribution in [0, 0.1) is 0 Å². The van der Waals surface area contributed by atoms with Gasteiger partial charge in [-0.1, -0.05) is 0 Å². The van der Waals surface area contributed by atoms with Crippen LogP contribution in [0.25, 0.3) is 11.0 Å². The molecular formula is C11H13ClN2O2. The van der Waals surface area contributed by atoms with Gasteiger partial charge in [0.15, 0.2) is 0 Å². The van der Waals surface area contributed by atoms with Crippen LogP contribution in [0.3, 0.4) is 0 Å². The standard InChI is InChI=1S/C9H7ClN2O.C2H6O/c10-4-9-11-7-2-1-6(5-13)3-8(7)12-9;1-3-2/h1-3,5H,4H2,(H,11,12);1-2H3. The van der Waals surface area contributed by atoms with Crippen molar-refractivity contribution in [2.24, 2.45) is 0 Å². The third kappa shape index (κ3) is 3.05. The first-order chi connectivity index (χ1) is 7.74. The fourth-order valence-electron chi connectivity index (χ4n) is 1.22. The summed E-state index contributed by atoms with van der Waals surface area (Å²) in [5, 5.41) is 0. The summed E-state index contributed by atoms with van der Waals surface area (Å²) in [7, 11) is 3.25. The maximum absolute atomic E-state index is 10.5. The van der Waals surface area contributed by atoms with E-state index in [1.54, 1.807) is 32.4 Å². The number of aldehydes is 1. The fourth-order valence-corrected chi connectivity index (χ4v) is 1.34. The molecule has 5 heteroatoms. The van der Waals surface area contributed by atoms with Gasteiger partial charge in [0.25, 0.3) is 0 Å². The van der Waals surface area contributed by atoms with Crippen LogP contribution < -0.4 is 0 Å². The molecule has 0 aliphatic carbocycles. The minimum absolute atomic E-state index is 0.352. The molecule has 86 valence electrons. The number of aromatic amines is 1. The Hall–Kier alpha value is -1.39. The van der Waals surface area contributed by atoms with E-state index in [0.717, 1.165) is 23.1 Å². The van der Waals surface area contributed by atoms with Gasteiger partial charge in [0, 0.05) is 19.8 Å². The summed E-state index contributed by atoms with van der Waals surface area (Å²) in [6.45, 7) is 0. The molecular weight excluding hydrogens is 228 g/mol. The van der Waals surface area contributed by atoms with Gasteiger partial charge in [0.2, 0.25) is 0 Å². The molecule has 0 spiro atoms. The van der Waals surface area contributed by atoms with E-state index < -0.39 is 0 Å². The van der Waals surface area contributed by atoms with Crippen LogP contribution in [0.4, 0.5) is 0 Å². The van der Waals surface area contributed by atoms with Crippen molar-refractivity contribution in [2.45, 2.75) is 5.88 Å². The van der Waals surface area contributed by atoms with Gasteiger partial charge in [-0.2, -0.15) is 0 Å². The molecule has 0 fully saturated rings. The average molecular weight is 241 g/mol. The molecule has 2 rings (SSSR count). The van der Waals surface area contributed by atoms with Crippen molar-refractivity contribution in [3.8, 4) is 0 Å². The lowest BCUT2D eigenvalue weighted by Crippen LogP contribution is -1.78. The second kappa shape index (κ2) is 6.25. The molecule has 0 aliphatic heterocycles. The minimum atomic E-state index is 0.352. The fraction of sp³-hybridized carbons (Fsp3) is 0.273. The lowest BCUT2D eigenvalue weighted by molar-refractivity contribution is 0.112. The topological polar surface area (TPSA) is 55.0 Å². The maximum Gasteiger partial charge on any atom is 0.150 e. The van der Waals surface area contributed by atoms with Crippen molar-refractivity contribution in [2.75, 3.05) is 14.2 Å². The second-order valence-corrected chi connectivity index (χ2v) is 3.39. The third-order valence-corrected chi connectivity index (χ3v) is 2.07. The monoisotopic (exact) mass is 240 g/mol.